The minimum Gasteiger partial charge on any atom is -0.351 e. The van der Waals surface area contributed by atoms with Crippen LogP contribution >= 0.6 is 15.9 Å². The van der Waals surface area contributed by atoms with E-state index < -0.39 is 0 Å². The lowest BCUT2D eigenvalue weighted by Crippen LogP contribution is -2.34. The molecule has 1 atom stereocenters. The molecule has 1 fully saturated rings. The summed E-state index contributed by atoms with van der Waals surface area (Å²) in [6, 6.07) is 4.54. The number of hydrogen-bond donors (Lipinski definition) is 1. The maximum Gasteiger partial charge on any atom is 0.243 e. The maximum absolute atomic E-state index is 4.47. The minimum atomic E-state index is 0.614. The summed E-state index contributed by atoms with van der Waals surface area (Å²) in [7, 11) is 0. The fourth-order valence-electron chi connectivity index (χ4n) is 2.68. The van der Waals surface area contributed by atoms with Gasteiger partial charge in [0.2, 0.25) is 5.95 Å². The largest absolute Gasteiger partial charge is 0.351 e. The third-order valence-electron chi connectivity index (χ3n) is 3.70. The zero-order valence-electron chi connectivity index (χ0n) is 11.0. The van der Waals surface area contributed by atoms with Crippen LogP contribution in [-0.4, -0.2) is 45.2 Å². The van der Waals surface area contributed by atoms with Crippen molar-refractivity contribution in [1.29, 1.82) is 0 Å². The normalized spacial score (nSPS) is 20.2. The molecule has 0 saturated carbocycles. The van der Waals surface area contributed by atoms with E-state index in [2.05, 4.69) is 43.2 Å². The van der Waals surface area contributed by atoms with Crippen LogP contribution < -0.4 is 5.32 Å². The number of aromatic nitrogens is 3. The van der Waals surface area contributed by atoms with Gasteiger partial charge < -0.3 is 5.32 Å². The molecule has 2 aromatic heterocycles. The molecule has 3 heterocycles. The van der Waals surface area contributed by atoms with Crippen molar-refractivity contribution in [2.45, 2.75) is 25.8 Å². The second kappa shape index (κ2) is 5.46. The molecule has 1 aliphatic heterocycles. The van der Waals surface area contributed by atoms with Gasteiger partial charge in [-0.25, -0.2) is 4.52 Å². The van der Waals surface area contributed by atoms with Crippen molar-refractivity contribution in [3.8, 4) is 0 Å². The lowest BCUT2D eigenvalue weighted by atomic mass is 10.2. The highest BCUT2D eigenvalue weighted by molar-refractivity contribution is 9.10. The number of hydrogen-bond acceptors (Lipinski definition) is 4. The Morgan fingerprint density at radius 2 is 2.37 bits per heavy atom. The van der Waals surface area contributed by atoms with E-state index in [1.54, 1.807) is 4.52 Å². The molecule has 1 unspecified atom stereocenters. The molecule has 5 nitrogen and oxygen atoms in total. The van der Waals surface area contributed by atoms with Crippen molar-refractivity contribution >= 4 is 27.5 Å². The molecule has 0 bridgehead atoms. The Labute approximate surface area is 121 Å². The minimum absolute atomic E-state index is 0.614. The number of likely N-dealkylation sites (tertiary alicyclic amines) is 1. The van der Waals surface area contributed by atoms with Gasteiger partial charge in [0, 0.05) is 23.3 Å². The smallest absolute Gasteiger partial charge is 0.243 e. The van der Waals surface area contributed by atoms with Gasteiger partial charge in [0.05, 0.1) is 0 Å². The average molecular weight is 324 g/mol. The molecule has 0 spiro atoms. The molecule has 0 aromatic carbocycles. The number of fused-ring (bicyclic) bond motifs is 1. The fraction of sp³-hybridized carbons (Fsp3) is 0.538. The molecule has 0 amide bonds. The Bertz CT molecular complexity index is 567. The molecule has 3 rings (SSSR count). The Hall–Kier alpha value is -1.14. The van der Waals surface area contributed by atoms with Gasteiger partial charge in [0.1, 0.15) is 0 Å². The SMILES string of the molecule is CCN1CCCC1CNc1nc2ccc(Br)cn2n1. The van der Waals surface area contributed by atoms with Crippen molar-refractivity contribution in [3.63, 3.8) is 0 Å². The molecular formula is C13H18BrN5. The van der Waals surface area contributed by atoms with Gasteiger partial charge in [-0.2, -0.15) is 4.98 Å². The third kappa shape index (κ3) is 2.74. The van der Waals surface area contributed by atoms with Crippen LogP contribution in [0.25, 0.3) is 5.65 Å². The predicted octanol–water partition coefficient (Wildman–Crippen LogP) is 2.39. The quantitative estimate of drug-likeness (QED) is 0.938. The molecule has 1 N–H and O–H groups in total. The zero-order valence-corrected chi connectivity index (χ0v) is 12.6. The summed E-state index contributed by atoms with van der Waals surface area (Å²) >= 11 is 3.44. The first-order chi connectivity index (χ1) is 9.26. The zero-order chi connectivity index (χ0) is 13.2. The predicted molar refractivity (Wildman–Crippen MR) is 79.4 cm³/mol. The number of nitrogens with zero attached hydrogens (tertiary/aromatic N) is 4. The summed E-state index contributed by atoms with van der Waals surface area (Å²) < 4.78 is 2.79. The van der Waals surface area contributed by atoms with E-state index in [9.17, 15) is 0 Å². The van der Waals surface area contributed by atoms with Crippen LogP contribution in [0.5, 0.6) is 0 Å². The average Bonchev–Trinajstić information content (AvgIpc) is 3.01. The van der Waals surface area contributed by atoms with Crippen molar-refractivity contribution in [2.75, 3.05) is 25.0 Å². The lowest BCUT2D eigenvalue weighted by molar-refractivity contribution is 0.277. The van der Waals surface area contributed by atoms with E-state index in [1.807, 2.05) is 18.3 Å². The number of pyridine rings is 1. The molecule has 102 valence electrons. The van der Waals surface area contributed by atoms with E-state index in [-0.39, 0.29) is 0 Å². The van der Waals surface area contributed by atoms with Crippen LogP contribution in [-0.2, 0) is 0 Å². The molecule has 0 radical (unpaired) electrons. The van der Waals surface area contributed by atoms with Crippen molar-refractivity contribution in [2.24, 2.45) is 0 Å². The summed E-state index contributed by atoms with van der Waals surface area (Å²) in [6.45, 7) is 5.48. The van der Waals surface area contributed by atoms with E-state index in [0.717, 1.165) is 23.2 Å². The van der Waals surface area contributed by atoms with E-state index in [1.165, 1.54) is 19.4 Å². The van der Waals surface area contributed by atoms with Gasteiger partial charge >= 0.3 is 0 Å². The molecule has 0 aliphatic carbocycles. The Kier molecular flexibility index (Phi) is 3.70. The van der Waals surface area contributed by atoms with Gasteiger partial charge in [0.15, 0.2) is 5.65 Å². The second-order valence-corrected chi connectivity index (χ2v) is 5.81. The van der Waals surface area contributed by atoms with Gasteiger partial charge in [-0.15, -0.1) is 5.10 Å². The maximum atomic E-state index is 4.47. The number of likely N-dealkylation sites (N-methyl/N-ethyl adjacent to an activating group) is 1. The molecule has 19 heavy (non-hydrogen) atoms. The van der Waals surface area contributed by atoms with E-state index >= 15 is 0 Å². The monoisotopic (exact) mass is 323 g/mol. The van der Waals surface area contributed by atoms with Crippen LogP contribution in [0.15, 0.2) is 22.8 Å². The van der Waals surface area contributed by atoms with Crippen molar-refractivity contribution < 1.29 is 0 Å². The summed E-state index contributed by atoms with van der Waals surface area (Å²) in [5.74, 6) is 0.709. The van der Waals surface area contributed by atoms with Gasteiger partial charge in [-0.3, -0.25) is 4.90 Å². The fourth-order valence-corrected chi connectivity index (χ4v) is 3.01. The molecule has 1 saturated heterocycles. The number of nitrogens with one attached hydrogen (secondary N) is 1. The van der Waals surface area contributed by atoms with Crippen LogP contribution in [0.4, 0.5) is 5.95 Å². The molecule has 2 aromatic rings. The Morgan fingerprint density at radius 3 is 3.21 bits per heavy atom. The number of anilines is 1. The topological polar surface area (TPSA) is 45.5 Å². The van der Waals surface area contributed by atoms with Gasteiger partial charge in [-0.1, -0.05) is 6.92 Å². The Morgan fingerprint density at radius 1 is 1.47 bits per heavy atom. The summed E-state index contributed by atoms with van der Waals surface area (Å²) in [6.07, 6.45) is 4.48. The van der Waals surface area contributed by atoms with E-state index in [0.29, 0.717) is 12.0 Å². The van der Waals surface area contributed by atoms with E-state index in [4.69, 9.17) is 0 Å². The first-order valence-corrected chi connectivity index (χ1v) is 7.55. The van der Waals surface area contributed by atoms with Crippen LogP contribution in [0.1, 0.15) is 19.8 Å². The highest BCUT2D eigenvalue weighted by Gasteiger charge is 2.22. The first kappa shape index (κ1) is 12.9. The number of rotatable bonds is 4. The van der Waals surface area contributed by atoms with Crippen LogP contribution in [0.3, 0.4) is 0 Å². The third-order valence-corrected chi connectivity index (χ3v) is 4.17. The van der Waals surface area contributed by atoms with Crippen molar-refractivity contribution in [3.05, 3.63) is 22.8 Å². The van der Waals surface area contributed by atoms with Crippen LogP contribution in [0.2, 0.25) is 0 Å². The summed E-state index contributed by atoms with van der Waals surface area (Å²) in [5.41, 5.74) is 0.865. The van der Waals surface area contributed by atoms with Crippen LogP contribution in [0, 0.1) is 0 Å². The standard InChI is InChI=1S/C13H18BrN5/c1-2-18-7-3-4-11(18)8-15-13-16-12-6-5-10(14)9-19(12)17-13/h5-6,9,11H,2-4,7-8H2,1H3,(H,15,17). The number of halogens is 1. The summed E-state index contributed by atoms with van der Waals surface area (Å²) in [4.78, 5) is 6.98. The molecule has 1 aliphatic rings. The summed E-state index contributed by atoms with van der Waals surface area (Å²) in [5, 5.41) is 7.79. The highest BCUT2D eigenvalue weighted by Crippen LogP contribution is 2.17. The first-order valence-electron chi connectivity index (χ1n) is 6.76. The molecule has 6 heteroatoms. The Balaban J connectivity index is 1.68. The highest BCUT2D eigenvalue weighted by atomic mass is 79.9. The van der Waals surface area contributed by atoms with Crippen molar-refractivity contribution in [1.82, 2.24) is 19.5 Å². The van der Waals surface area contributed by atoms with Gasteiger partial charge in [-0.05, 0) is 54.0 Å². The lowest BCUT2D eigenvalue weighted by Gasteiger charge is -2.22. The second-order valence-electron chi connectivity index (χ2n) is 4.89. The van der Waals surface area contributed by atoms with Gasteiger partial charge in [0.25, 0.3) is 0 Å². The molecular weight excluding hydrogens is 306 g/mol.